The molecule has 0 aromatic heterocycles. The van der Waals surface area contributed by atoms with Gasteiger partial charge in [-0.25, -0.2) is 0 Å². The van der Waals surface area contributed by atoms with Gasteiger partial charge in [-0.1, -0.05) is 208 Å². The molecule has 18 heteroatoms. The second-order valence-electron chi connectivity index (χ2n) is 39.4. The zero-order valence-corrected chi connectivity index (χ0v) is 75.4. The molecule has 4 atom stereocenters. The molecule has 0 fully saturated rings. The van der Waals surface area contributed by atoms with Crippen LogP contribution in [0.1, 0.15) is 366 Å². The van der Waals surface area contributed by atoms with Gasteiger partial charge in [0, 0.05) is 75.7 Å². The molecule has 104 heavy (non-hydrogen) atoms. The van der Waals surface area contributed by atoms with E-state index < -0.39 is 0 Å². The van der Waals surface area contributed by atoms with Crippen LogP contribution in [-0.4, -0.2) is 124 Å². The number of hydrogen-bond acceptors (Lipinski definition) is 16. The zero-order chi connectivity index (χ0) is 84.3. The highest BCUT2D eigenvalue weighted by Crippen LogP contribution is 2.29. The van der Waals surface area contributed by atoms with Crippen molar-refractivity contribution in [1.29, 1.82) is 0 Å². The lowest BCUT2D eigenvalue weighted by Gasteiger charge is -2.29. The van der Waals surface area contributed by atoms with E-state index >= 15 is 0 Å². The normalized spacial score (nSPS) is 13.0. The van der Waals surface area contributed by atoms with E-state index in [1.165, 1.54) is 13.8 Å². The zero-order valence-electron chi connectivity index (χ0n) is 75.4. The smallest absolute Gasteiger partial charge is 0.308 e. The largest absolute Gasteiger partial charge is 0.465 e. The van der Waals surface area contributed by atoms with E-state index in [-0.39, 0.29) is 133 Å². The number of amides is 2. The molecule has 18 nitrogen and oxygen atoms in total. The molecule has 0 aliphatic rings. The van der Waals surface area contributed by atoms with Crippen LogP contribution in [-0.2, 0) is 76.4 Å². The standard InChI is InChI=1S/C13H27NO.C12H25NO.C12H22O3.C11H22O3.C11H20O3.C10H20O3.C9H18O.C8H16O/c1-8-13(6,7)14-11(15)10(2)9-12(3,4)5;1-7-12(5,6)13-10(14)8-9-11(2,3)4;1-9(8-12(3,4)5)11(14)15-7-6-10(2)13;1-9(8-11(2,3)4)10(12)14-7-6-13-5;1-9(12)6-8-14-10(13)5-7-11(2,3)4;1-10(2,3)6-5-9(11)13-8-7-12-4;1-7(8(2)10)6-9(3,4)5;1-7(9)5-6-8(2,3)4/h10H,8-9H2,1-7H3,(H,14,15);7-9H2,1-6H3,(H,13,14);9H,6-8H2,1-5H3;9H,6-8H2,1-5H3;5-8H2,1-4H3;5-8H2,1-4H3;7H,6H2,1-5H3;5-6H2,1-4H3. The number of esters is 4. The summed E-state index contributed by atoms with van der Waals surface area (Å²) in [4.78, 5) is 111. The molecule has 0 aromatic carbocycles. The van der Waals surface area contributed by atoms with E-state index in [1.54, 1.807) is 28.1 Å². The number of ketones is 4. The average Bonchev–Trinajstić information content (AvgIpc) is 0.900. The Morgan fingerprint density at radius 2 is 0.558 bits per heavy atom. The van der Waals surface area contributed by atoms with Gasteiger partial charge in [-0.05, 0) is 163 Å². The predicted molar refractivity (Wildman–Crippen MR) is 432 cm³/mol. The second kappa shape index (κ2) is 57.5. The molecule has 2 N–H and O–H groups in total. The van der Waals surface area contributed by atoms with Crippen molar-refractivity contribution in [2.24, 2.45) is 67.0 Å². The Morgan fingerprint density at radius 3 is 0.827 bits per heavy atom. The highest BCUT2D eigenvalue weighted by atomic mass is 16.6. The van der Waals surface area contributed by atoms with Gasteiger partial charge in [0.05, 0.1) is 38.3 Å². The number of carbonyl (C=O) groups excluding carboxylic acids is 10. The van der Waals surface area contributed by atoms with E-state index in [0.29, 0.717) is 75.5 Å². The Morgan fingerprint density at radius 1 is 0.298 bits per heavy atom. The van der Waals surface area contributed by atoms with Gasteiger partial charge in [0.1, 0.15) is 36.3 Å². The van der Waals surface area contributed by atoms with Crippen molar-refractivity contribution in [1.82, 2.24) is 10.6 Å². The number of methoxy groups -OCH3 is 2. The highest BCUT2D eigenvalue weighted by molar-refractivity contribution is 5.80. The van der Waals surface area contributed by atoms with Crippen LogP contribution in [0.4, 0.5) is 0 Å². The lowest BCUT2D eigenvalue weighted by atomic mass is 9.84. The van der Waals surface area contributed by atoms with Crippen LogP contribution < -0.4 is 10.6 Å². The topological polar surface area (TPSA) is 250 Å². The summed E-state index contributed by atoms with van der Waals surface area (Å²) in [6.07, 6.45) is 12.0. The molecule has 4 unspecified atom stereocenters. The highest BCUT2D eigenvalue weighted by Gasteiger charge is 2.27. The number of rotatable bonds is 32. The van der Waals surface area contributed by atoms with Crippen LogP contribution in [0, 0.1) is 67.0 Å². The first-order chi connectivity index (χ1) is 46.3. The molecule has 620 valence electrons. The van der Waals surface area contributed by atoms with Gasteiger partial charge in [0.2, 0.25) is 11.8 Å². The first-order valence-electron chi connectivity index (χ1n) is 38.6. The van der Waals surface area contributed by atoms with Gasteiger partial charge in [0.15, 0.2) is 0 Å². The Hall–Kier alpha value is -4.58. The van der Waals surface area contributed by atoms with Crippen molar-refractivity contribution < 1.29 is 76.4 Å². The molecule has 0 aliphatic heterocycles. The van der Waals surface area contributed by atoms with Gasteiger partial charge in [-0.2, -0.15) is 0 Å². The van der Waals surface area contributed by atoms with E-state index in [4.69, 9.17) is 28.4 Å². The van der Waals surface area contributed by atoms with Crippen molar-refractivity contribution in [2.75, 3.05) is 53.9 Å². The van der Waals surface area contributed by atoms with Crippen LogP contribution in [0.2, 0.25) is 0 Å². The summed E-state index contributed by atoms with van der Waals surface area (Å²) in [7, 11) is 3.18. The molecular formula is C86H170N2O16. The minimum atomic E-state index is -0.207. The van der Waals surface area contributed by atoms with Gasteiger partial charge < -0.3 is 43.8 Å². The van der Waals surface area contributed by atoms with Crippen molar-refractivity contribution in [2.45, 2.75) is 377 Å². The van der Waals surface area contributed by atoms with Crippen LogP contribution in [0.3, 0.4) is 0 Å². The van der Waals surface area contributed by atoms with Crippen LogP contribution >= 0.6 is 0 Å². The van der Waals surface area contributed by atoms with Crippen LogP contribution in [0.15, 0.2) is 0 Å². The summed E-state index contributed by atoms with van der Waals surface area (Å²) in [6.45, 7) is 79.6. The van der Waals surface area contributed by atoms with Crippen LogP contribution in [0.5, 0.6) is 0 Å². The molecule has 0 bridgehead atoms. The van der Waals surface area contributed by atoms with Crippen molar-refractivity contribution >= 4 is 58.8 Å². The third kappa shape index (κ3) is 104. The second-order valence-corrected chi connectivity index (χ2v) is 39.4. The SMILES string of the molecule is CC(=O)C(C)CC(C)(C)C.CC(=O)CCC(C)(C)C.CC(=O)CCOC(=O)C(C)CC(C)(C)C.CC(=O)CCOC(=O)CCC(C)(C)C.CCC(C)(C)NC(=O)C(C)CC(C)(C)C.CCC(C)(C)NC(=O)CCC(C)(C)C.COCCOC(=O)C(C)CC(C)(C)C.COCCOC(=O)CCC(C)(C)C. The minimum absolute atomic E-state index is 0.0353. The van der Waals surface area contributed by atoms with Gasteiger partial charge in [0.25, 0.3) is 0 Å². The molecule has 0 aromatic rings. The molecule has 0 radical (unpaired) electrons. The first-order valence-corrected chi connectivity index (χ1v) is 38.6. The summed E-state index contributed by atoms with van der Waals surface area (Å²) >= 11 is 0. The Labute approximate surface area is 640 Å². The molecule has 0 heterocycles. The van der Waals surface area contributed by atoms with Gasteiger partial charge >= 0.3 is 23.9 Å². The maximum Gasteiger partial charge on any atom is 0.308 e. The van der Waals surface area contributed by atoms with Crippen molar-refractivity contribution in [3.63, 3.8) is 0 Å². The predicted octanol–water partition coefficient (Wildman–Crippen LogP) is 20.7. The Bertz CT molecular complexity index is 2330. The Balaban J connectivity index is -0.000000170. The first kappa shape index (κ1) is 115. The van der Waals surface area contributed by atoms with E-state index in [0.717, 1.165) is 70.6 Å². The summed E-state index contributed by atoms with van der Waals surface area (Å²) < 4.78 is 29.4. The third-order valence-electron chi connectivity index (χ3n) is 15.3. The van der Waals surface area contributed by atoms with Crippen LogP contribution in [0.25, 0.3) is 0 Å². The fourth-order valence-corrected chi connectivity index (χ4v) is 8.64. The minimum Gasteiger partial charge on any atom is -0.465 e. The number of ether oxygens (including phenoxy) is 6. The molecular weight excluding hydrogens is 1320 g/mol. The van der Waals surface area contributed by atoms with E-state index in [9.17, 15) is 47.9 Å². The molecule has 0 spiro atoms. The number of carbonyl (C=O) groups is 10. The Kier molecular flexibility index (Phi) is 63.7. The summed E-state index contributed by atoms with van der Waals surface area (Å²) in [5.74, 6) is 0.555. The van der Waals surface area contributed by atoms with Gasteiger partial charge in [-0.15, -0.1) is 0 Å². The molecule has 2 amide bonds. The monoisotopic (exact) mass is 1490 g/mol. The van der Waals surface area contributed by atoms with E-state index in [2.05, 4.69) is 218 Å². The maximum atomic E-state index is 11.9. The lowest BCUT2D eigenvalue weighted by molar-refractivity contribution is -0.150. The summed E-state index contributed by atoms with van der Waals surface area (Å²) in [5, 5.41) is 6.13. The number of hydrogen-bond donors (Lipinski definition) is 2. The summed E-state index contributed by atoms with van der Waals surface area (Å²) in [5.41, 5.74) is 1.55. The van der Waals surface area contributed by atoms with Crippen molar-refractivity contribution in [3.8, 4) is 0 Å². The lowest BCUT2D eigenvalue weighted by Crippen LogP contribution is -2.45. The molecule has 0 aliphatic carbocycles. The number of Topliss-reactive ketones (excluding diaryl/α,β-unsaturated/α-hetero) is 4. The summed E-state index contributed by atoms with van der Waals surface area (Å²) in [6, 6.07) is 0. The quantitative estimate of drug-likeness (QED) is 0.0361. The molecule has 0 saturated carbocycles. The number of nitrogens with one attached hydrogen (secondary N) is 2. The van der Waals surface area contributed by atoms with Crippen molar-refractivity contribution in [3.05, 3.63) is 0 Å². The molecule has 0 rings (SSSR count). The fourth-order valence-electron chi connectivity index (χ4n) is 8.64. The van der Waals surface area contributed by atoms with Gasteiger partial charge in [-0.3, -0.25) is 43.2 Å². The maximum absolute atomic E-state index is 11.9. The van der Waals surface area contributed by atoms with E-state index in [1.807, 2.05) is 27.7 Å². The molecule has 0 saturated heterocycles. The third-order valence-corrected chi connectivity index (χ3v) is 15.3. The average molecular weight is 1490 g/mol. The fraction of sp³-hybridized carbons (Fsp3) is 0.884.